The van der Waals surface area contributed by atoms with E-state index in [1.165, 1.54) is 6.07 Å². The van der Waals surface area contributed by atoms with Gasteiger partial charge in [-0.2, -0.15) is 0 Å². The molecule has 2 amide bonds. The second kappa shape index (κ2) is 8.56. The quantitative estimate of drug-likeness (QED) is 0.895. The first-order chi connectivity index (χ1) is 12.7. The van der Waals surface area contributed by atoms with Crippen molar-refractivity contribution in [1.82, 2.24) is 10.2 Å². The number of ether oxygens (including phenoxy) is 1. The summed E-state index contributed by atoms with van der Waals surface area (Å²) in [5, 5.41) is 2.88. The Morgan fingerprint density at radius 1 is 1.08 bits per heavy atom. The average molecular weight is 357 g/mol. The van der Waals surface area contributed by atoms with Crippen molar-refractivity contribution in [2.24, 2.45) is 0 Å². The van der Waals surface area contributed by atoms with E-state index in [0.29, 0.717) is 31.6 Å². The highest BCUT2D eigenvalue weighted by Crippen LogP contribution is 2.28. The van der Waals surface area contributed by atoms with E-state index in [2.05, 4.69) is 10.2 Å². The summed E-state index contributed by atoms with van der Waals surface area (Å²) in [6.45, 7) is 3.21. The number of carbonyl (C=O) groups excluding carboxylic acids is 1. The fourth-order valence-electron chi connectivity index (χ4n) is 3.16. The number of hydrogen-bond donors (Lipinski definition) is 1. The van der Waals surface area contributed by atoms with E-state index in [-0.39, 0.29) is 11.8 Å². The van der Waals surface area contributed by atoms with Crippen molar-refractivity contribution in [3.8, 4) is 5.75 Å². The van der Waals surface area contributed by atoms with Crippen LogP contribution in [0.25, 0.3) is 0 Å². The Hall–Kier alpha value is -2.76. The first-order valence-corrected chi connectivity index (χ1v) is 8.83. The lowest BCUT2D eigenvalue weighted by atomic mass is 10.1. The van der Waals surface area contributed by atoms with Crippen LogP contribution in [0.5, 0.6) is 5.75 Å². The number of rotatable bonds is 5. The third-order valence-corrected chi connectivity index (χ3v) is 4.62. The molecule has 5 nitrogen and oxygen atoms in total. The first kappa shape index (κ1) is 18.0. The molecule has 3 rings (SSSR count). The number of nitrogens with zero attached hydrogens (tertiary/aromatic N) is 2. The molecule has 6 heteroatoms. The van der Waals surface area contributed by atoms with Gasteiger partial charge in [0.25, 0.3) is 0 Å². The molecule has 0 spiro atoms. The molecule has 0 bridgehead atoms. The van der Waals surface area contributed by atoms with E-state index in [0.717, 1.165) is 24.5 Å². The molecule has 26 heavy (non-hydrogen) atoms. The standard InChI is InChI=1S/C20H24FN3O2/c1-26-19-9-5-4-8-18(19)23-12-14-24(15-13-23)20(25)22-11-10-16-6-2-3-7-17(16)21/h2-9H,10-15H2,1H3,(H,22,25). The number of methoxy groups -OCH3 is 1. The van der Waals surface area contributed by atoms with Crippen molar-refractivity contribution in [3.05, 3.63) is 59.9 Å². The minimum Gasteiger partial charge on any atom is -0.495 e. The smallest absolute Gasteiger partial charge is 0.317 e. The van der Waals surface area contributed by atoms with Crippen LogP contribution >= 0.6 is 0 Å². The third kappa shape index (κ3) is 4.25. The topological polar surface area (TPSA) is 44.8 Å². The first-order valence-electron chi connectivity index (χ1n) is 8.83. The Kier molecular flexibility index (Phi) is 5.94. The molecule has 1 saturated heterocycles. The second-order valence-electron chi connectivity index (χ2n) is 6.22. The van der Waals surface area contributed by atoms with Crippen LogP contribution in [-0.4, -0.2) is 50.8 Å². The normalized spacial score (nSPS) is 14.2. The molecule has 0 saturated carbocycles. The number of amides is 2. The fraction of sp³-hybridized carbons (Fsp3) is 0.350. The maximum absolute atomic E-state index is 13.6. The summed E-state index contributed by atoms with van der Waals surface area (Å²) < 4.78 is 19.0. The Bertz CT molecular complexity index is 745. The van der Waals surface area contributed by atoms with Crippen LogP contribution < -0.4 is 15.0 Å². The molecular weight excluding hydrogens is 333 g/mol. The number of benzene rings is 2. The average Bonchev–Trinajstić information content (AvgIpc) is 2.69. The van der Waals surface area contributed by atoms with Gasteiger partial charge in [0, 0.05) is 32.7 Å². The van der Waals surface area contributed by atoms with Gasteiger partial charge in [0.15, 0.2) is 0 Å². The van der Waals surface area contributed by atoms with Crippen LogP contribution in [0.2, 0.25) is 0 Å². The van der Waals surface area contributed by atoms with Crippen LogP contribution in [-0.2, 0) is 6.42 Å². The number of hydrogen-bond acceptors (Lipinski definition) is 3. The third-order valence-electron chi connectivity index (χ3n) is 4.62. The molecule has 1 fully saturated rings. The number of halogens is 1. The van der Waals surface area contributed by atoms with E-state index in [1.807, 2.05) is 24.3 Å². The van der Waals surface area contributed by atoms with Gasteiger partial charge in [-0.15, -0.1) is 0 Å². The molecule has 0 unspecified atom stereocenters. The molecule has 138 valence electrons. The van der Waals surface area contributed by atoms with Gasteiger partial charge in [-0.05, 0) is 30.2 Å². The summed E-state index contributed by atoms with van der Waals surface area (Å²) in [7, 11) is 1.66. The number of urea groups is 1. The molecule has 1 heterocycles. The Morgan fingerprint density at radius 3 is 2.50 bits per heavy atom. The second-order valence-corrected chi connectivity index (χ2v) is 6.22. The van der Waals surface area contributed by atoms with Gasteiger partial charge in [0.2, 0.25) is 0 Å². The molecule has 2 aromatic rings. The zero-order valence-corrected chi connectivity index (χ0v) is 15.0. The van der Waals surface area contributed by atoms with E-state index in [4.69, 9.17) is 4.74 Å². The van der Waals surface area contributed by atoms with Crippen molar-refractivity contribution < 1.29 is 13.9 Å². The predicted molar refractivity (Wildman–Crippen MR) is 100 cm³/mol. The van der Waals surface area contributed by atoms with Crippen LogP contribution in [0.4, 0.5) is 14.9 Å². The molecule has 0 aliphatic carbocycles. The van der Waals surface area contributed by atoms with Gasteiger partial charge >= 0.3 is 6.03 Å². The van der Waals surface area contributed by atoms with E-state index in [1.54, 1.807) is 30.2 Å². The highest BCUT2D eigenvalue weighted by molar-refractivity contribution is 5.74. The molecule has 1 aliphatic heterocycles. The summed E-state index contributed by atoms with van der Waals surface area (Å²) in [6.07, 6.45) is 0.486. The van der Waals surface area contributed by atoms with Crippen molar-refractivity contribution in [1.29, 1.82) is 0 Å². The Morgan fingerprint density at radius 2 is 1.77 bits per heavy atom. The summed E-state index contributed by atoms with van der Waals surface area (Å²) in [5.41, 5.74) is 1.67. The lowest BCUT2D eigenvalue weighted by Crippen LogP contribution is -2.52. The Labute approximate surface area is 153 Å². The number of anilines is 1. The van der Waals surface area contributed by atoms with Gasteiger partial charge in [0.05, 0.1) is 12.8 Å². The van der Waals surface area contributed by atoms with Crippen LogP contribution in [0.15, 0.2) is 48.5 Å². The minimum absolute atomic E-state index is 0.0963. The van der Waals surface area contributed by atoms with Gasteiger partial charge < -0.3 is 19.9 Å². The predicted octanol–water partition coefficient (Wildman–Crippen LogP) is 2.91. The fourth-order valence-corrected chi connectivity index (χ4v) is 3.16. The van der Waals surface area contributed by atoms with Crippen LogP contribution in [0.1, 0.15) is 5.56 Å². The van der Waals surface area contributed by atoms with E-state index >= 15 is 0 Å². The zero-order chi connectivity index (χ0) is 18.4. The molecular formula is C20H24FN3O2. The van der Waals surface area contributed by atoms with Gasteiger partial charge in [0.1, 0.15) is 11.6 Å². The van der Waals surface area contributed by atoms with E-state index < -0.39 is 0 Å². The molecule has 1 N–H and O–H groups in total. The van der Waals surface area contributed by atoms with Gasteiger partial charge in [-0.3, -0.25) is 0 Å². The molecule has 2 aromatic carbocycles. The summed E-state index contributed by atoms with van der Waals surface area (Å²) in [5.74, 6) is 0.613. The maximum Gasteiger partial charge on any atom is 0.317 e. The summed E-state index contributed by atoms with van der Waals surface area (Å²) in [6, 6.07) is 14.5. The van der Waals surface area contributed by atoms with Crippen molar-refractivity contribution in [2.75, 3.05) is 44.7 Å². The molecule has 0 atom stereocenters. The molecule has 0 radical (unpaired) electrons. The zero-order valence-electron chi connectivity index (χ0n) is 15.0. The summed E-state index contributed by atoms with van der Waals surface area (Å²) >= 11 is 0. The number of nitrogens with one attached hydrogen (secondary N) is 1. The van der Waals surface area contributed by atoms with Crippen LogP contribution in [0, 0.1) is 5.82 Å². The van der Waals surface area contributed by atoms with Crippen molar-refractivity contribution in [2.45, 2.75) is 6.42 Å². The van der Waals surface area contributed by atoms with Crippen LogP contribution in [0.3, 0.4) is 0 Å². The van der Waals surface area contributed by atoms with Gasteiger partial charge in [-0.1, -0.05) is 30.3 Å². The number of piperazine rings is 1. The lowest BCUT2D eigenvalue weighted by Gasteiger charge is -2.36. The molecule has 1 aliphatic rings. The minimum atomic E-state index is -0.229. The highest BCUT2D eigenvalue weighted by Gasteiger charge is 2.22. The largest absolute Gasteiger partial charge is 0.495 e. The highest BCUT2D eigenvalue weighted by atomic mass is 19.1. The van der Waals surface area contributed by atoms with Gasteiger partial charge in [-0.25, -0.2) is 9.18 Å². The van der Waals surface area contributed by atoms with Crippen molar-refractivity contribution >= 4 is 11.7 Å². The molecule has 0 aromatic heterocycles. The summed E-state index contributed by atoms with van der Waals surface area (Å²) in [4.78, 5) is 16.3. The number of carbonyl (C=O) groups is 1. The van der Waals surface area contributed by atoms with Crippen molar-refractivity contribution in [3.63, 3.8) is 0 Å². The number of para-hydroxylation sites is 2. The maximum atomic E-state index is 13.6. The Balaban J connectivity index is 1.47. The SMILES string of the molecule is COc1ccccc1N1CCN(C(=O)NCCc2ccccc2F)CC1. The lowest BCUT2D eigenvalue weighted by molar-refractivity contribution is 0.194. The monoisotopic (exact) mass is 357 g/mol. The van der Waals surface area contributed by atoms with E-state index in [9.17, 15) is 9.18 Å².